The van der Waals surface area contributed by atoms with Crippen molar-refractivity contribution in [1.82, 2.24) is 5.32 Å². The van der Waals surface area contributed by atoms with E-state index in [-0.39, 0.29) is 10.7 Å². The molecule has 0 spiro atoms. The minimum absolute atomic E-state index is 0.0285. The first-order valence-electron chi connectivity index (χ1n) is 5.39. The quantitative estimate of drug-likeness (QED) is 0.553. The Hall–Kier alpha value is -1.20. The number of nitrogens with two attached hydrogens (primary N) is 1. The van der Waals surface area contributed by atoms with Crippen molar-refractivity contribution in [3.63, 3.8) is 0 Å². The van der Waals surface area contributed by atoms with Crippen LogP contribution in [0.4, 0.5) is 5.69 Å². The highest BCUT2D eigenvalue weighted by Gasteiger charge is 2.18. The van der Waals surface area contributed by atoms with Crippen LogP contribution >= 0.6 is 11.8 Å². The highest BCUT2D eigenvalue weighted by Crippen LogP contribution is 2.20. The number of hydrazine groups is 1. The highest BCUT2D eigenvalue weighted by atomic mass is 32.2. The van der Waals surface area contributed by atoms with E-state index in [0.717, 1.165) is 0 Å². The molecular weight excluding hydrogens is 234 g/mol. The number of nitrogens with one attached hydrogen (secondary N) is 2. The molecule has 0 radical (unpaired) electrons. The van der Waals surface area contributed by atoms with Gasteiger partial charge < -0.3 is 10.7 Å². The largest absolute Gasteiger partial charge is 0.351 e. The Kier molecular flexibility index (Phi) is 4.84. The van der Waals surface area contributed by atoms with Gasteiger partial charge in [0.05, 0.1) is 11.3 Å². The molecule has 0 aromatic heterocycles. The van der Waals surface area contributed by atoms with E-state index in [4.69, 9.17) is 5.84 Å². The van der Waals surface area contributed by atoms with E-state index in [0.29, 0.717) is 17.8 Å². The van der Waals surface area contributed by atoms with E-state index in [1.54, 1.807) is 23.9 Å². The van der Waals surface area contributed by atoms with Crippen molar-refractivity contribution in [2.45, 2.75) is 18.6 Å². The molecule has 1 aromatic rings. The van der Waals surface area contributed by atoms with E-state index < -0.39 is 0 Å². The molecule has 0 saturated heterocycles. The molecule has 5 heteroatoms. The fourth-order valence-electron chi connectivity index (χ4n) is 1.27. The number of rotatable bonds is 5. The summed E-state index contributed by atoms with van der Waals surface area (Å²) in [5, 5.41) is 2.91. The maximum absolute atomic E-state index is 12.0. The van der Waals surface area contributed by atoms with Crippen LogP contribution in [-0.4, -0.2) is 23.5 Å². The molecule has 0 bridgehead atoms. The Bertz CT molecular complexity index is 393. The lowest BCUT2D eigenvalue weighted by Crippen LogP contribution is -2.36. The molecule has 94 valence electrons. The SMILES string of the molecule is CSC(C)(C)CNC(=O)c1ccccc1NN. The zero-order valence-corrected chi connectivity index (χ0v) is 11.2. The van der Waals surface area contributed by atoms with Gasteiger partial charge in [-0.25, -0.2) is 0 Å². The van der Waals surface area contributed by atoms with Gasteiger partial charge in [-0.1, -0.05) is 12.1 Å². The maximum Gasteiger partial charge on any atom is 0.253 e. The Labute approximate surface area is 106 Å². The van der Waals surface area contributed by atoms with E-state index in [9.17, 15) is 4.79 Å². The molecule has 1 rings (SSSR count). The molecule has 0 saturated carbocycles. The molecule has 0 fully saturated rings. The van der Waals surface area contributed by atoms with Crippen molar-refractivity contribution < 1.29 is 4.79 Å². The number of hydrogen-bond donors (Lipinski definition) is 3. The standard InChI is InChI=1S/C12H19N3OS/c1-12(2,17-3)8-14-11(16)9-6-4-5-7-10(9)15-13/h4-7,15H,8,13H2,1-3H3,(H,14,16). The molecule has 4 N–H and O–H groups in total. The average Bonchev–Trinajstić information content (AvgIpc) is 2.36. The van der Waals surface area contributed by atoms with Crippen LogP contribution in [0.2, 0.25) is 0 Å². The molecule has 17 heavy (non-hydrogen) atoms. The smallest absolute Gasteiger partial charge is 0.253 e. The van der Waals surface area contributed by atoms with Crippen molar-refractivity contribution in [3.8, 4) is 0 Å². The van der Waals surface area contributed by atoms with Gasteiger partial charge >= 0.3 is 0 Å². The third-order valence-electron chi connectivity index (χ3n) is 2.55. The van der Waals surface area contributed by atoms with Crippen molar-refractivity contribution >= 4 is 23.4 Å². The zero-order chi connectivity index (χ0) is 12.9. The predicted molar refractivity (Wildman–Crippen MR) is 74.2 cm³/mol. The number of anilines is 1. The Morgan fingerprint density at radius 2 is 2.06 bits per heavy atom. The predicted octanol–water partition coefficient (Wildman–Crippen LogP) is 1.84. The van der Waals surface area contributed by atoms with E-state index >= 15 is 0 Å². The maximum atomic E-state index is 12.0. The number of thioether (sulfide) groups is 1. The first-order valence-corrected chi connectivity index (χ1v) is 6.61. The Balaban J connectivity index is 2.70. The number of carbonyl (C=O) groups is 1. The molecule has 1 amide bonds. The normalized spacial score (nSPS) is 11.1. The van der Waals surface area contributed by atoms with Gasteiger partial charge in [-0.2, -0.15) is 11.8 Å². The van der Waals surface area contributed by atoms with Crippen molar-refractivity contribution in [2.24, 2.45) is 5.84 Å². The lowest BCUT2D eigenvalue weighted by molar-refractivity contribution is 0.0951. The van der Waals surface area contributed by atoms with Crippen LogP contribution in [0, 0.1) is 0 Å². The summed E-state index contributed by atoms with van der Waals surface area (Å²) in [5.41, 5.74) is 3.71. The van der Waals surface area contributed by atoms with Gasteiger partial charge in [0.1, 0.15) is 0 Å². The number of nitrogen functional groups attached to an aromatic ring is 1. The summed E-state index contributed by atoms with van der Waals surface area (Å²) in [6, 6.07) is 7.17. The van der Waals surface area contributed by atoms with Gasteiger partial charge in [0.2, 0.25) is 0 Å². The Morgan fingerprint density at radius 3 is 2.65 bits per heavy atom. The average molecular weight is 253 g/mol. The topological polar surface area (TPSA) is 67.2 Å². The minimum Gasteiger partial charge on any atom is -0.351 e. The third-order valence-corrected chi connectivity index (χ3v) is 3.80. The van der Waals surface area contributed by atoms with Crippen LogP contribution < -0.4 is 16.6 Å². The molecule has 1 aromatic carbocycles. The second-order valence-electron chi connectivity index (χ2n) is 4.34. The van der Waals surface area contributed by atoms with Crippen LogP contribution in [0.5, 0.6) is 0 Å². The van der Waals surface area contributed by atoms with Crippen LogP contribution in [0.25, 0.3) is 0 Å². The monoisotopic (exact) mass is 253 g/mol. The fraction of sp³-hybridized carbons (Fsp3) is 0.417. The van der Waals surface area contributed by atoms with Gasteiger partial charge in [-0.3, -0.25) is 10.6 Å². The molecule has 0 aliphatic rings. The van der Waals surface area contributed by atoms with E-state index in [1.807, 2.05) is 18.4 Å². The van der Waals surface area contributed by atoms with E-state index in [2.05, 4.69) is 24.6 Å². The summed E-state index contributed by atoms with van der Waals surface area (Å²) < 4.78 is 0.0285. The van der Waals surface area contributed by atoms with Gasteiger partial charge in [-0.05, 0) is 32.2 Å². The number of amides is 1. The molecule has 0 aliphatic carbocycles. The molecule has 4 nitrogen and oxygen atoms in total. The van der Waals surface area contributed by atoms with Gasteiger partial charge in [0.15, 0.2) is 0 Å². The summed E-state index contributed by atoms with van der Waals surface area (Å²) >= 11 is 1.72. The van der Waals surface area contributed by atoms with Crippen LogP contribution in [0.15, 0.2) is 24.3 Å². The number of hydrogen-bond acceptors (Lipinski definition) is 4. The van der Waals surface area contributed by atoms with Gasteiger partial charge in [-0.15, -0.1) is 0 Å². The molecular formula is C12H19N3OS. The molecule has 0 atom stereocenters. The molecule has 0 heterocycles. The first kappa shape index (κ1) is 13.9. The molecule has 0 unspecified atom stereocenters. The van der Waals surface area contributed by atoms with Crippen molar-refractivity contribution in [1.29, 1.82) is 0 Å². The van der Waals surface area contributed by atoms with Gasteiger partial charge in [0.25, 0.3) is 5.91 Å². The summed E-state index contributed by atoms with van der Waals surface area (Å²) in [4.78, 5) is 12.0. The summed E-state index contributed by atoms with van der Waals surface area (Å²) in [6.07, 6.45) is 2.03. The lowest BCUT2D eigenvalue weighted by Gasteiger charge is -2.22. The fourth-order valence-corrected chi connectivity index (χ4v) is 1.48. The third kappa shape index (κ3) is 3.94. The second kappa shape index (κ2) is 5.93. The van der Waals surface area contributed by atoms with Crippen molar-refractivity contribution in [3.05, 3.63) is 29.8 Å². The Morgan fingerprint density at radius 1 is 1.41 bits per heavy atom. The second-order valence-corrected chi connectivity index (χ2v) is 5.85. The number of para-hydroxylation sites is 1. The summed E-state index contributed by atoms with van der Waals surface area (Å²) in [5.74, 6) is 5.25. The summed E-state index contributed by atoms with van der Waals surface area (Å²) in [6.45, 7) is 4.79. The highest BCUT2D eigenvalue weighted by molar-refractivity contribution is 7.99. The summed E-state index contributed by atoms with van der Waals surface area (Å²) in [7, 11) is 0. The van der Waals surface area contributed by atoms with Crippen molar-refractivity contribution in [2.75, 3.05) is 18.2 Å². The zero-order valence-electron chi connectivity index (χ0n) is 10.4. The van der Waals surface area contributed by atoms with Crippen LogP contribution in [0.1, 0.15) is 24.2 Å². The van der Waals surface area contributed by atoms with Crippen LogP contribution in [-0.2, 0) is 0 Å². The number of benzene rings is 1. The van der Waals surface area contributed by atoms with Gasteiger partial charge in [0, 0.05) is 11.3 Å². The van der Waals surface area contributed by atoms with Crippen LogP contribution in [0.3, 0.4) is 0 Å². The number of carbonyl (C=O) groups excluding carboxylic acids is 1. The van der Waals surface area contributed by atoms with E-state index in [1.165, 1.54) is 0 Å². The minimum atomic E-state index is -0.110. The first-order chi connectivity index (χ1) is 8.00. The lowest BCUT2D eigenvalue weighted by atomic mass is 10.1. The molecule has 0 aliphatic heterocycles.